The van der Waals surface area contributed by atoms with Crippen LogP contribution >= 0.6 is 22.9 Å². The van der Waals surface area contributed by atoms with Crippen LogP contribution in [0.3, 0.4) is 0 Å². The molecule has 0 radical (unpaired) electrons. The SMILES string of the molecule is O=C(NC1CCC(Nc2ccnc3cc(Cl)ccc23)CC1)c1cc(F)cc(-c2cccs2)c1. The fourth-order valence-electron chi connectivity index (χ4n) is 4.42. The fourth-order valence-corrected chi connectivity index (χ4v) is 5.30. The number of pyridine rings is 1. The third kappa shape index (κ3) is 5.02. The van der Waals surface area contributed by atoms with Gasteiger partial charge >= 0.3 is 0 Å². The molecule has 5 rings (SSSR count). The van der Waals surface area contributed by atoms with E-state index < -0.39 is 5.82 Å². The average molecular weight is 480 g/mol. The number of anilines is 1. The molecule has 1 saturated carbocycles. The molecule has 0 aliphatic heterocycles. The molecule has 2 heterocycles. The van der Waals surface area contributed by atoms with E-state index in [9.17, 15) is 9.18 Å². The highest BCUT2D eigenvalue weighted by Crippen LogP contribution is 2.29. The molecular weight excluding hydrogens is 457 g/mol. The Morgan fingerprint density at radius 2 is 1.85 bits per heavy atom. The number of rotatable bonds is 5. The van der Waals surface area contributed by atoms with Crippen LogP contribution in [0.25, 0.3) is 21.3 Å². The largest absolute Gasteiger partial charge is 0.382 e. The van der Waals surface area contributed by atoms with Gasteiger partial charge in [-0.15, -0.1) is 11.3 Å². The summed E-state index contributed by atoms with van der Waals surface area (Å²) in [4.78, 5) is 18.2. The van der Waals surface area contributed by atoms with Crippen molar-refractivity contribution < 1.29 is 9.18 Å². The monoisotopic (exact) mass is 479 g/mol. The minimum Gasteiger partial charge on any atom is -0.382 e. The minimum atomic E-state index is -0.398. The number of amides is 1. The number of nitrogens with one attached hydrogen (secondary N) is 2. The summed E-state index contributed by atoms with van der Waals surface area (Å²) in [5, 5.41) is 10.4. The number of aromatic nitrogens is 1. The van der Waals surface area contributed by atoms with E-state index in [1.807, 2.05) is 41.8 Å². The van der Waals surface area contributed by atoms with Crippen LogP contribution < -0.4 is 10.6 Å². The van der Waals surface area contributed by atoms with Crippen LogP contribution in [0.4, 0.5) is 10.1 Å². The Bertz CT molecular complexity index is 1290. The summed E-state index contributed by atoms with van der Waals surface area (Å²) in [6.45, 7) is 0. The molecule has 1 aliphatic rings. The number of carbonyl (C=O) groups is 1. The van der Waals surface area contributed by atoms with Crippen molar-refractivity contribution in [1.29, 1.82) is 0 Å². The molecule has 4 aromatic rings. The molecule has 33 heavy (non-hydrogen) atoms. The second-order valence-electron chi connectivity index (χ2n) is 8.39. The third-order valence-corrected chi connectivity index (χ3v) is 7.25. The Labute approximate surface area is 200 Å². The maximum Gasteiger partial charge on any atom is 0.251 e. The van der Waals surface area contributed by atoms with Gasteiger partial charge < -0.3 is 10.6 Å². The summed E-state index contributed by atoms with van der Waals surface area (Å²) in [6.07, 6.45) is 5.39. The Kier molecular flexibility index (Phi) is 6.29. The van der Waals surface area contributed by atoms with Crippen molar-refractivity contribution >= 4 is 45.4 Å². The molecule has 0 saturated heterocycles. The predicted molar refractivity (Wildman–Crippen MR) is 134 cm³/mol. The molecule has 1 amide bonds. The van der Waals surface area contributed by atoms with E-state index in [0.717, 1.165) is 52.7 Å². The van der Waals surface area contributed by atoms with E-state index in [0.29, 0.717) is 16.6 Å². The highest BCUT2D eigenvalue weighted by Gasteiger charge is 2.23. The van der Waals surface area contributed by atoms with Crippen LogP contribution in [-0.2, 0) is 0 Å². The topological polar surface area (TPSA) is 54.0 Å². The van der Waals surface area contributed by atoms with Gasteiger partial charge in [0.1, 0.15) is 5.82 Å². The van der Waals surface area contributed by atoms with Crippen molar-refractivity contribution in [3.8, 4) is 10.4 Å². The molecule has 2 N–H and O–H groups in total. The summed E-state index contributed by atoms with van der Waals surface area (Å²) < 4.78 is 14.2. The molecule has 0 unspecified atom stereocenters. The van der Waals surface area contributed by atoms with Gasteiger partial charge in [0.25, 0.3) is 5.91 Å². The first kappa shape index (κ1) is 21.9. The highest BCUT2D eigenvalue weighted by molar-refractivity contribution is 7.13. The van der Waals surface area contributed by atoms with Crippen molar-refractivity contribution in [1.82, 2.24) is 10.3 Å². The number of halogens is 2. The van der Waals surface area contributed by atoms with Gasteiger partial charge in [0, 0.05) is 44.8 Å². The van der Waals surface area contributed by atoms with E-state index in [2.05, 4.69) is 15.6 Å². The molecule has 2 aromatic heterocycles. The van der Waals surface area contributed by atoms with Gasteiger partial charge in [-0.2, -0.15) is 0 Å². The number of hydrogen-bond acceptors (Lipinski definition) is 4. The Hall–Kier alpha value is -2.96. The first-order chi connectivity index (χ1) is 16.0. The second-order valence-corrected chi connectivity index (χ2v) is 9.78. The Balaban J connectivity index is 1.21. The predicted octanol–water partition coefficient (Wildman–Crippen LogP) is 6.91. The zero-order chi connectivity index (χ0) is 22.8. The smallest absolute Gasteiger partial charge is 0.251 e. The second kappa shape index (κ2) is 9.49. The maximum atomic E-state index is 14.2. The number of hydrogen-bond donors (Lipinski definition) is 2. The molecular formula is C26H23ClFN3OS. The van der Waals surface area contributed by atoms with Crippen LogP contribution in [0.1, 0.15) is 36.0 Å². The van der Waals surface area contributed by atoms with Crippen LogP contribution in [0, 0.1) is 5.82 Å². The van der Waals surface area contributed by atoms with Crippen molar-refractivity contribution in [3.63, 3.8) is 0 Å². The first-order valence-electron chi connectivity index (χ1n) is 11.0. The summed E-state index contributed by atoms with van der Waals surface area (Å²) in [5.41, 5.74) is 3.00. The van der Waals surface area contributed by atoms with Gasteiger partial charge in [0.15, 0.2) is 0 Å². The van der Waals surface area contributed by atoms with Crippen molar-refractivity contribution in [2.45, 2.75) is 37.8 Å². The summed E-state index contributed by atoms with van der Waals surface area (Å²) in [7, 11) is 0. The summed E-state index contributed by atoms with van der Waals surface area (Å²) in [6, 6.07) is 16.5. The van der Waals surface area contributed by atoms with Crippen LogP contribution in [0.5, 0.6) is 0 Å². The molecule has 1 fully saturated rings. The zero-order valence-electron chi connectivity index (χ0n) is 17.9. The maximum absolute atomic E-state index is 14.2. The van der Waals surface area contributed by atoms with E-state index in [1.165, 1.54) is 23.5 Å². The van der Waals surface area contributed by atoms with Gasteiger partial charge in [0.2, 0.25) is 0 Å². The lowest BCUT2D eigenvalue weighted by Crippen LogP contribution is -2.40. The zero-order valence-corrected chi connectivity index (χ0v) is 19.4. The van der Waals surface area contributed by atoms with Gasteiger partial charge in [-0.1, -0.05) is 17.7 Å². The highest BCUT2D eigenvalue weighted by atomic mass is 35.5. The normalized spacial score (nSPS) is 18.2. The molecule has 0 spiro atoms. The van der Waals surface area contributed by atoms with E-state index in [1.54, 1.807) is 12.3 Å². The lowest BCUT2D eigenvalue weighted by Gasteiger charge is -2.30. The summed E-state index contributed by atoms with van der Waals surface area (Å²) >= 11 is 7.62. The van der Waals surface area contributed by atoms with Crippen molar-refractivity contribution in [2.24, 2.45) is 0 Å². The molecule has 7 heteroatoms. The molecule has 168 valence electrons. The van der Waals surface area contributed by atoms with Crippen LogP contribution in [-0.4, -0.2) is 23.0 Å². The number of carbonyl (C=O) groups excluding carboxylic acids is 1. The Morgan fingerprint density at radius 3 is 2.64 bits per heavy atom. The van der Waals surface area contributed by atoms with Crippen LogP contribution in [0.15, 0.2) is 66.2 Å². The van der Waals surface area contributed by atoms with Gasteiger partial charge in [0.05, 0.1) is 5.52 Å². The minimum absolute atomic E-state index is 0.0806. The average Bonchev–Trinajstić information content (AvgIpc) is 3.35. The molecule has 4 nitrogen and oxygen atoms in total. The first-order valence-corrected chi connectivity index (χ1v) is 12.3. The fraction of sp³-hybridized carbons (Fsp3) is 0.231. The number of thiophene rings is 1. The number of nitrogens with zero attached hydrogens (tertiary/aromatic N) is 1. The quantitative estimate of drug-likeness (QED) is 0.327. The standard InChI is InChI=1S/C26H23ClFN3OS/c27-18-3-8-22-23(9-10-29-24(22)15-18)30-20-4-6-21(7-5-20)31-26(32)17-12-16(13-19(28)14-17)25-2-1-11-33-25/h1-3,8-15,20-21H,4-7H2,(H,29,30)(H,31,32). The lowest BCUT2D eigenvalue weighted by molar-refractivity contribution is 0.0926. The molecule has 0 bridgehead atoms. The van der Waals surface area contributed by atoms with Gasteiger partial charge in [-0.3, -0.25) is 9.78 Å². The molecule has 1 aliphatic carbocycles. The lowest BCUT2D eigenvalue weighted by atomic mass is 9.90. The number of benzene rings is 2. The number of fused-ring (bicyclic) bond motifs is 1. The molecule has 2 aromatic carbocycles. The molecule has 0 atom stereocenters. The summed E-state index contributed by atoms with van der Waals surface area (Å²) in [5.74, 6) is -0.620. The third-order valence-electron chi connectivity index (χ3n) is 6.09. The van der Waals surface area contributed by atoms with E-state index in [-0.39, 0.29) is 11.9 Å². The van der Waals surface area contributed by atoms with E-state index in [4.69, 9.17) is 11.6 Å². The Morgan fingerprint density at radius 1 is 1.03 bits per heavy atom. The van der Waals surface area contributed by atoms with E-state index >= 15 is 0 Å². The van der Waals surface area contributed by atoms with Crippen molar-refractivity contribution in [3.05, 3.63) is 82.6 Å². The van der Waals surface area contributed by atoms with Gasteiger partial charge in [-0.25, -0.2) is 4.39 Å². The van der Waals surface area contributed by atoms with Crippen molar-refractivity contribution in [2.75, 3.05) is 5.32 Å². The van der Waals surface area contributed by atoms with Gasteiger partial charge in [-0.05, 0) is 85.2 Å². The van der Waals surface area contributed by atoms with Crippen LogP contribution in [0.2, 0.25) is 5.02 Å².